The van der Waals surface area contributed by atoms with Crippen molar-refractivity contribution >= 4 is 16.8 Å². The normalized spacial score (nSPS) is 14.4. The number of rotatable bonds is 11. The van der Waals surface area contributed by atoms with Crippen LogP contribution in [-0.2, 0) is 11.3 Å². The number of fused-ring (bicyclic) bond motifs is 1. The van der Waals surface area contributed by atoms with E-state index < -0.39 is 0 Å². The predicted octanol–water partition coefficient (Wildman–Crippen LogP) is 5.58. The molecule has 5 rings (SSSR count). The number of hydrogen-bond donors (Lipinski definition) is 1. The molecule has 1 N–H and O–H groups in total. The Hall–Kier alpha value is -3.84. The minimum absolute atomic E-state index is 0.0105. The molecular formula is C32H36FN3O3. The van der Waals surface area contributed by atoms with Gasteiger partial charge in [-0.25, -0.2) is 4.39 Å². The van der Waals surface area contributed by atoms with E-state index in [9.17, 15) is 9.18 Å². The molecule has 0 bridgehead atoms. The number of benzene rings is 3. The van der Waals surface area contributed by atoms with Crippen LogP contribution in [0.1, 0.15) is 41.9 Å². The third-order valence-electron chi connectivity index (χ3n) is 7.58. The van der Waals surface area contributed by atoms with Crippen LogP contribution in [0.25, 0.3) is 10.9 Å². The molecule has 3 aromatic carbocycles. The SMILES string of the molecule is COc1cc(OC)cc([C@@H](CC(=O)NCCN2CCCC2)c2cn(Cc3ccc(F)cc3)c3ccccc23)c1. The van der Waals surface area contributed by atoms with Crippen LogP contribution in [-0.4, -0.2) is 55.8 Å². The number of carbonyl (C=O) groups excluding carboxylic acids is 1. The lowest BCUT2D eigenvalue weighted by molar-refractivity contribution is -0.121. The Morgan fingerprint density at radius 3 is 2.36 bits per heavy atom. The zero-order valence-corrected chi connectivity index (χ0v) is 22.7. The highest BCUT2D eigenvalue weighted by Gasteiger charge is 2.24. The number of nitrogens with zero attached hydrogens (tertiary/aromatic N) is 2. The van der Waals surface area contributed by atoms with Gasteiger partial charge in [-0.2, -0.15) is 0 Å². The number of carbonyl (C=O) groups is 1. The molecule has 1 atom stereocenters. The second-order valence-corrected chi connectivity index (χ2v) is 10.2. The molecule has 1 fully saturated rings. The minimum atomic E-state index is -0.250. The quantitative estimate of drug-likeness (QED) is 0.276. The molecule has 204 valence electrons. The number of nitrogens with one attached hydrogen (secondary N) is 1. The number of para-hydroxylation sites is 1. The highest BCUT2D eigenvalue weighted by atomic mass is 19.1. The Morgan fingerprint density at radius 1 is 0.974 bits per heavy atom. The molecule has 1 saturated heterocycles. The van der Waals surface area contributed by atoms with E-state index in [1.165, 1.54) is 25.0 Å². The third kappa shape index (κ3) is 6.42. The topological polar surface area (TPSA) is 55.7 Å². The van der Waals surface area contributed by atoms with Gasteiger partial charge < -0.3 is 24.3 Å². The van der Waals surface area contributed by atoms with Gasteiger partial charge in [-0.1, -0.05) is 30.3 Å². The van der Waals surface area contributed by atoms with E-state index in [-0.39, 0.29) is 17.6 Å². The molecule has 1 amide bonds. The fourth-order valence-corrected chi connectivity index (χ4v) is 5.53. The number of amides is 1. The van der Waals surface area contributed by atoms with Crippen LogP contribution in [0.3, 0.4) is 0 Å². The summed E-state index contributed by atoms with van der Waals surface area (Å²) in [7, 11) is 3.26. The number of halogens is 1. The first-order chi connectivity index (χ1) is 19.0. The van der Waals surface area contributed by atoms with Crippen molar-refractivity contribution in [1.82, 2.24) is 14.8 Å². The van der Waals surface area contributed by atoms with E-state index >= 15 is 0 Å². The van der Waals surface area contributed by atoms with Gasteiger partial charge in [0.1, 0.15) is 17.3 Å². The van der Waals surface area contributed by atoms with Crippen molar-refractivity contribution < 1.29 is 18.7 Å². The summed E-state index contributed by atoms with van der Waals surface area (Å²) in [5, 5.41) is 4.23. The standard InChI is InChI=1S/C32H36FN3O3/c1-38-26-17-24(18-27(19-26)39-2)29(20-32(37)34-13-16-35-14-5-6-15-35)30-22-36(31-8-4-3-7-28(30)31)21-23-9-11-25(33)12-10-23/h3-4,7-12,17-19,22,29H,5-6,13-16,20-21H2,1-2H3,(H,34,37)/t29-/m1/s1. The van der Waals surface area contributed by atoms with Crippen molar-refractivity contribution in [2.75, 3.05) is 40.4 Å². The van der Waals surface area contributed by atoms with Crippen molar-refractivity contribution in [2.24, 2.45) is 0 Å². The Morgan fingerprint density at radius 2 is 1.67 bits per heavy atom. The van der Waals surface area contributed by atoms with E-state index in [0.29, 0.717) is 31.0 Å². The summed E-state index contributed by atoms with van der Waals surface area (Å²) in [6.07, 6.45) is 4.88. The average Bonchev–Trinajstić information content (AvgIpc) is 3.61. The zero-order valence-electron chi connectivity index (χ0n) is 22.7. The Labute approximate surface area is 229 Å². The fourth-order valence-electron chi connectivity index (χ4n) is 5.53. The minimum Gasteiger partial charge on any atom is -0.497 e. The van der Waals surface area contributed by atoms with Crippen LogP contribution in [0.2, 0.25) is 0 Å². The van der Waals surface area contributed by atoms with Crippen LogP contribution in [0.15, 0.2) is 72.9 Å². The maximum atomic E-state index is 13.5. The van der Waals surface area contributed by atoms with E-state index in [1.807, 2.05) is 42.5 Å². The largest absolute Gasteiger partial charge is 0.497 e. The smallest absolute Gasteiger partial charge is 0.220 e. The summed E-state index contributed by atoms with van der Waals surface area (Å²) in [5.74, 6) is 0.897. The lowest BCUT2D eigenvalue weighted by Crippen LogP contribution is -2.34. The number of hydrogen-bond acceptors (Lipinski definition) is 4. The van der Waals surface area contributed by atoms with E-state index in [2.05, 4.69) is 33.1 Å². The van der Waals surface area contributed by atoms with Crippen LogP contribution in [0, 0.1) is 5.82 Å². The molecule has 7 heteroatoms. The van der Waals surface area contributed by atoms with Crippen LogP contribution < -0.4 is 14.8 Å². The number of methoxy groups -OCH3 is 2. The van der Waals surface area contributed by atoms with Gasteiger partial charge in [0.05, 0.1) is 14.2 Å². The van der Waals surface area contributed by atoms with Gasteiger partial charge in [-0.05, 0) is 73.0 Å². The highest BCUT2D eigenvalue weighted by Crippen LogP contribution is 2.38. The first-order valence-corrected chi connectivity index (χ1v) is 13.6. The Balaban J connectivity index is 1.49. The molecule has 6 nitrogen and oxygen atoms in total. The lowest BCUT2D eigenvalue weighted by Gasteiger charge is -2.20. The van der Waals surface area contributed by atoms with E-state index in [4.69, 9.17) is 9.47 Å². The summed E-state index contributed by atoms with van der Waals surface area (Å²) in [4.78, 5) is 15.7. The van der Waals surface area contributed by atoms with Gasteiger partial charge in [0, 0.05) is 55.1 Å². The Kier molecular flexibility index (Phi) is 8.47. The Bertz CT molecular complexity index is 1390. The second kappa shape index (κ2) is 12.3. The summed E-state index contributed by atoms with van der Waals surface area (Å²) < 4.78 is 26.8. The summed E-state index contributed by atoms with van der Waals surface area (Å²) in [6.45, 7) is 4.32. The zero-order chi connectivity index (χ0) is 27.2. The van der Waals surface area contributed by atoms with Crippen molar-refractivity contribution in [2.45, 2.75) is 31.7 Å². The van der Waals surface area contributed by atoms with Gasteiger partial charge in [0.25, 0.3) is 0 Å². The van der Waals surface area contributed by atoms with Gasteiger partial charge in [0.2, 0.25) is 5.91 Å². The van der Waals surface area contributed by atoms with Gasteiger partial charge in [0.15, 0.2) is 0 Å². The monoisotopic (exact) mass is 529 g/mol. The van der Waals surface area contributed by atoms with Crippen LogP contribution in [0.5, 0.6) is 11.5 Å². The molecule has 39 heavy (non-hydrogen) atoms. The maximum Gasteiger partial charge on any atom is 0.220 e. The molecule has 1 aromatic heterocycles. The highest BCUT2D eigenvalue weighted by molar-refractivity contribution is 5.87. The van der Waals surface area contributed by atoms with E-state index in [0.717, 1.165) is 47.2 Å². The molecule has 4 aromatic rings. The van der Waals surface area contributed by atoms with Crippen molar-refractivity contribution in [1.29, 1.82) is 0 Å². The summed E-state index contributed by atoms with van der Waals surface area (Å²) >= 11 is 0. The first-order valence-electron chi connectivity index (χ1n) is 13.6. The van der Waals surface area contributed by atoms with Gasteiger partial charge in [-0.3, -0.25) is 4.79 Å². The number of aromatic nitrogens is 1. The van der Waals surface area contributed by atoms with Gasteiger partial charge in [-0.15, -0.1) is 0 Å². The predicted molar refractivity (Wildman–Crippen MR) is 152 cm³/mol. The van der Waals surface area contributed by atoms with Crippen molar-refractivity contribution in [3.63, 3.8) is 0 Å². The molecular weight excluding hydrogens is 493 g/mol. The molecule has 1 aliphatic rings. The van der Waals surface area contributed by atoms with Gasteiger partial charge >= 0.3 is 0 Å². The molecule has 1 aliphatic heterocycles. The fraction of sp³-hybridized carbons (Fsp3) is 0.344. The first kappa shape index (κ1) is 26.8. The van der Waals surface area contributed by atoms with Crippen molar-refractivity contribution in [3.8, 4) is 11.5 Å². The van der Waals surface area contributed by atoms with Crippen LogP contribution >= 0.6 is 0 Å². The summed E-state index contributed by atoms with van der Waals surface area (Å²) in [5.41, 5.74) is 4.07. The maximum absolute atomic E-state index is 13.5. The third-order valence-corrected chi connectivity index (χ3v) is 7.58. The molecule has 0 spiro atoms. The molecule has 0 radical (unpaired) electrons. The lowest BCUT2D eigenvalue weighted by atomic mass is 9.87. The molecule has 0 aliphatic carbocycles. The number of ether oxygens (including phenoxy) is 2. The average molecular weight is 530 g/mol. The molecule has 0 saturated carbocycles. The van der Waals surface area contributed by atoms with E-state index in [1.54, 1.807) is 14.2 Å². The molecule has 2 heterocycles. The van der Waals surface area contributed by atoms with Crippen LogP contribution in [0.4, 0.5) is 4.39 Å². The van der Waals surface area contributed by atoms with Crippen molar-refractivity contribution in [3.05, 3.63) is 95.4 Å². The summed E-state index contributed by atoms with van der Waals surface area (Å²) in [6, 6.07) is 20.6. The molecule has 0 unspecified atom stereocenters. The second-order valence-electron chi connectivity index (χ2n) is 10.2. The number of likely N-dealkylation sites (tertiary alicyclic amines) is 1.